The van der Waals surface area contributed by atoms with Crippen LogP contribution in [0.5, 0.6) is 0 Å². The molecule has 2 aromatic carbocycles. The van der Waals surface area contributed by atoms with Crippen LogP contribution in [0.2, 0.25) is 0 Å². The van der Waals surface area contributed by atoms with Gasteiger partial charge in [0.2, 0.25) is 5.89 Å². The molecule has 0 radical (unpaired) electrons. The number of rotatable bonds is 3. The molecule has 2 aliphatic rings. The van der Waals surface area contributed by atoms with E-state index >= 15 is 0 Å². The zero-order chi connectivity index (χ0) is 17.7. The Morgan fingerprint density at radius 3 is 2.58 bits per heavy atom. The summed E-state index contributed by atoms with van der Waals surface area (Å²) in [6, 6.07) is 15.7. The predicted octanol–water partition coefficient (Wildman–Crippen LogP) is 4.29. The number of fused-ring (bicyclic) bond motifs is 3. The Balaban J connectivity index is 1.42. The first-order chi connectivity index (χ1) is 12.7. The van der Waals surface area contributed by atoms with Gasteiger partial charge in [0.25, 0.3) is 0 Å². The molecule has 2 fully saturated rings. The molecule has 1 aromatic heterocycles. The summed E-state index contributed by atoms with van der Waals surface area (Å²) in [5.74, 6) is 1.60. The van der Waals surface area contributed by atoms with Crippen LogP contribution in [0, 0.1) is 6.92 Å². The van der Waals surface area contributed by atoms with Gasteiger partial charge >= 0.3 is 0 Å². The van der Waals surface area contributed by atoms with Crippen LogP contribution in [-0.2, 0) is 6.54 Å². The van der Waals surface area contributed by atoms with E-state index in [1.54, 1.807) is 0 Å². The molecule has 2 aliphatic heterocycles. The minimum absolute atomic E-state index is 0.129. The van der Waals surface area contributed by atoms with Crippen molar-refractivity contribution in [2.45, 2.75) is 57.3 Å². The molecular formula is C22H24N2O2. The Morgan fingerprint density at radius 1 is 1.08 bits per heavy atom. The lowest BCUT2D eigenvalue weighted by Gasteiger charge is -2.36. The van der Waals surface area contributed by atoms with Gasteiger partial charge in [-0.05, 0) is 55.5 Å². The maximum absolute atomic E-state index is 10.0. The number of aliphatic hydroxyl groups is 1. The largest absolute Gasteiger partial charge is 0.441 e. The van der Waals surface area contributed by atoms with Crippen LogP contribution in [-0.4, -0.2) is 33.2 Å². The summed E-state index contributed by atoms with van der Waals surface area (Å²) in [6.45, 7) is 2.83. The van der Waals surface area contributed by atoms with Gasteiger partial charge < -0.3 is 9.52 Å². The minimum atomic E-state index is -0.129. The topological polar surface area (TPSA) is 49.5 Å². The number of piperidine rings is 1. The standard InChI is InChI=1S/C22H24N2O2/c1-14-21(13-24-18-8-9-19(24)12-20(25)11-18)23-22(26-14)17-7-6-15-4-2-3-5-16(15)10-17/h2-7,10,18-20,25H,8-9,11-13H2,1H3/t18-,19+,20?. The van der Waals surface area contributed by atoms with Crippen molar-refractivity contribution in [1.29, 1.82) is 0 Å². The molecule has 2 saturated heterocycles. The molecule has 1 unspecified atom stereocenters. The Morgan fingerprint density at radius 2 is 1.81 bits per heavy atom. The summed E-state index contributed by atoms with van der Waals surface area (Å²) >= 11 is 0. The van der Waals surface area contributed by atoms with E-state index in [9.17, 15) is 5.11 Å². The van der Waals surface area contributed by atoms with Crippen LogP contribution in [0.1, 0.15) is 37.1 Å². The van der Waals surface area contributed by atoms with E-state index in [0.717, 1.165) is 36.4 Å². The van der Waals surface area contributed by atoms with Crippen molar-refractivity contribution >= 4 is 10.8 Å². The van der Waals surface area contributed by atoms with Crippen LogP contribution in [0.15, 0.2) is 46.9 Å². The van der Waals surface area contributed by atoms with Gasteiger partial charge in [0, 0.05) is 24.2 Å². The molecule has 26 heavy (non-hydrogen) atoms. The minimum Gasteiger partial charge on any atom is -0.441 e. The van der Waals surface area contributed by atoms with Gasteiger partial charge in [0.15, 0.2) is 0 Å². The fourth-order valence-electron chi connectivity index (χ4n) is 4.70. The average Bonchev–Trinajstić information content (AvgIpc) is 3.12. The molecule has 134 valence electrons. The smallest absolute Gasteiger partial charge is 0.226 e. The van der Waals surface area contributed by atoms with Crippen molar-refractivity contribution in [3.8, 4) is 11.5 Å². The molecule has 5 rings (SSSR count). The third-order valence-electron chi connectivity index (χ3n) is 6.08. The van der Waals surface area contributed by atoms with Gasteiger partial charge in [-0.25, -0.2) is 4.98 Å². The maximum Gasteiger partial charge on any atom is 0.226 e. The highest BCUT2D eigenvalue weighted by Gasteiger charge is 2.40. The summed E-state index contributed by atoms with van der Waals surface area (Å²) in [5.41, 5.74) is 2.05. The highest BCUT2D eigenvalue weighted by Crippen LogP contribution is 2.37. The third-order valence-corrected chi connectivity index (χ3v) is 6.08. The van der Waals surface area contributed by atoms with Crippen molar-refractivity contribution < 1.29 is 9.52 Å². The SMILES string of the molecule is Cc1oc(-c2ccc3ccccc3c2)nc1CN1[C@@H]2CC[C@H]1CC(O)C2. The monoisotopic (exact) mass is 348 g/mol. The van der Waals surface area contributed by atoms with E-state index in [2.05, 4.69) is 47.4 Å². The van der Waals surface area contributed by atoms with Crippen molar-refractivity contribution in [3.63, 3.8) is 0 Å². The van der Waals surface area contributed by atoms with E-state index in [1.807, 2.05) is 6.92 Å². The fourth-order valence-corrected chi connectivity index (χ4v) is 4.70. The first kappa shape index (κ1) is 16.0. The molecule has 3 heterocycles. The molecule has 0 aliphatic carbocycles. The average molecular weight is 348 g/mol. The van der Waals surface area contributed by atoms with Crippen LogP contribution in [0.4, 0.5) is 0 Å². The number of benzene rings is 2. The summed E-state index contributed by atoms with van der Waals surface area (Å²) in [7, 11) is 0. The molecule has 4 nitrogen and oxygen atoms in total. The number of aryl methyl sites for hydroxylation is 1. The Kier molecular flexibility index (Phi) is 3.84. The zero-order valence-electron chi connectivity index (χ0n) is 15.1. The van der Waals surface area contributed by atoms with Crippen LogP contribution >= 0.6 is 0 Å². The Hall–Kier alpha value is -2.17. The van der Waals surface area contributed by atoms with E-state index < -0.39 is 0 Å². The number of aromatic nitrogens is 1. The third kappa shape index (κ3) is 2.74. The normalized spacial score (nSPS) is 25.8. The molecule has 3 aromatic rings. The Labute approximate surface area is 153 Å². The number of aliphatic hydroxyl groups excluding tert-OH is 1. The molecule has 0 saturated carbocycles. The van der Waals surface area contributed by atoms with Crippen LogP contribution in [0.25, 0.3) is 22.2 Å². The summed E-state index contributed by atoms with van der Waals surface area (Å²) < 4.78 is 6.02. The van der Waals surface area contributed by atoms with Gasteiger partial charge in [0.1, 0.15) is 5.76 Å². The molecule has 4 heteroatoms. The molecule has 0 amide bonds. The number of nitrogens with zero attached hydrogens (tertiary/aromatic N) is 2. The molecule has 3 atom stereocenters. The molecule has 1 N–H and O–H groups in total. The van der Waals surface area contributed by atoms with Gasteiger partial charge in [-0.2, -0.15) is 0 Å². The number of hydrogen-bond acceptors (Lipinski definition) is 4. The zero-order valence-corrected chi connectivity index (χ0v) is 15.1. The molecule has 0 spiro atoms. The highest BCUT2D eigenvalue weighted by molar-refractivity contribution is 5.86. The van der Waals surface area contributed by atoms with Crippen molar-refractivity contribution in [1.82, 2.24) is 9.88 Å². The van der Waals surface area contributed by atoms with Crippen LogP contribution < -0.4 is 0 Å². The second-order valence-electron chi connectivity index (χ2n) is 7.77. The van der Waals surface area contributed by atoms with Crippen molar-refractivity contribution in [2.24, 2.45) is 0 Å². The summed E-state index contributed by atoms with van der Waals surface area (Å²) in [6.07, 6.45) is 4.04. The highest BCUT2D eigenvalue weighted by atomic mass is 16.4. The van der Waals surface area contributed by atoms with Gasteiger partial charge in [-0.1, -0.05) is 30.3 Å². The van der Waals surface area contributed by atoms with Crippen LogP contribution in [0.3, 0.4) is 0 Å². The fraction of sp³-hybridized carbons (Fsp3) is 0.409. The number of oxazole rings is 1. The number of hydrogen-bond donors (Lipinski definition) is 1. The maximum atomic E-state index is 10.0. The van der Waals surface area contributed by atoms with Crippen molar-refractivity contribution in [3.05, 3.63) is 53.9 Å². The second kappa shape index (κ2) is 6.22. The van der Waals surface area contributed by atoms with Gasteiger partial charge in [-0.3, -0.25) is 4.90 Å². The van der Waals surface area contributed by atoms with E-state index in [0.29, 0.717) is 18.0 Å². The quantitative estimate of drug-likeness (QED) is 0.767. The predicted molar refractivity (Wildman–Crippen MR) is 102 cm³/mol. The lowest BCUT2D eigenvalue weighted by molar-refractivity contribution is 0.0302. The van der Waals surface area contributed by atoms with Gasteiger partial charge in [-0.15, -0.1) is 0 Å². The summed E-state index contributed by atoms with van der Waals surface area (Å²) in [5, 5.41) is 12.4. The van der Waals surface area contributed by atoms with Gasteiger partial charge in [0.05, 0.1) is 11.8 Å². The Bertz CT molecular complexity index is 934. The van der Waals surface area contributed by atoms with E-state index in [-0.39, 0.29) is 6.10 Å². The lowest BCUT2D eigenvalue weighted by Crippen LogP contribution is -2.44. The first-order valence-corrected chi connectivity index (χ1v) is 9.56. The first-order valence-electron chi connectivity index (χ1n) is 9.56. The lowest BCUT2D eigenvalue weighted by atomic mass is 9.99. The van der Waals surface area contributed by atoms with Crippen molar-refractivity contribution in [2.75, 3.05) is 0 Å². The molecular weight excluding hydrogens is 324 g/mol. The second-order valence-corrected chi connectivity index (χ2v) is 7.77. The van der Waals surface area contributed by atoms with E-state index in [1.165, 1.54) is 23.6 Å². The summed E-state index contributed by atoms with van der Waals surface area (Å²) in [4.78, 5) is 7.36. The van der Waals surface area contributed by atoms with E-state index in [4.69, 9.17) is 9.40 Å². The molecule has 2 bridgehead atoms.